The number of pyridine rings is 1. The first-order valence-electron chi connectivity index (χ1n) is 12.9. The normalized spacial score (nSPS) is 22.0. The van der Waals surface area contributed by atoms with Crippen molar-refractivity contribution in [3.05, 3.63) is 54.4 Å². The molecule has 0 aromatic carbocycles. The fourth-order valence-corrected chi connectivity index (χ4v) is 5.75. The Morgan fingerprint density at radius 2 is 1.95 bits per heavy atom. The minimum absolute atomic E-state index is 0.142. The van der Waals surface area contributed by atoms with E-state index in [1.807, 2.05) is 23.1 Å². The molecular formula is C27H24F3N9O. The van der Waals surface area contributed by atoms with E-state index >= 15 is 0 Å². The molecule has 4 aromatic rings. The Balaban J connectivity index is 1.10. The molecule has 0 amide bonds. The smallest absolute Gasteiger partial charge is 0.433 e. The van der Waals surface area contributed by atoms with Crippen molar-refractivity contribution in [2.45, 2.75) is 56.0 Å². The van der Waals surface area contributed by atoms with Gasteiger partial charge in [-0.3, -0.25) is 9.58 Å². The van der Waals surface area contributed by atoms with Crippen molar-refractivity contribution in [1.29, 1.82) is 10.5 Å². The quantitative estimate of drug-likeness (QED) is 0.375. The zero-order valence-electron chi connectivity index (χ0n) is 21.3. The Morgan fingerprint density at radius 3 is 2.67 bits per heavy atom. The molecule has 1 saturated heterocycles. The number of H-pyrrole nitrogens is 1. The van der Waals surface area contributed by atoms with E-state index in [1.54, 1.807) is 12.3 Å². The summed E-state index contributed by atoms with van der Waals surface area (Å²) in [5.74, 6) is -0.184. The largest absolute Gasteiger partial charge is 0.474 e. The van der Waals surface area contributed by atoms with E-state index in [2.05, 4.69) is 36.0 Å². The number of hydrogen-bond donors (Lipinski definition) is 1. The van der Waals surface area contributed by atoms with Crippen LogP contribution in [-0.2, 0) is 11.7 Å². The van der Waals surface area contributed by atoms with Crippen molar-refractivity contribution in [3.8, 4) is 29.3 Å². The van der Waals surface area contributed by atoms with Crippen LogP contribution in [-0.4, -0.2) is 59.9 Å². The Bertz CT molecular complexity index is 1620. The van der Waals surface area contributed by atoms with E-state index in [9.17, 15) is 18.4 Å². The van der Waals surface area contributed by atoms with Gasteiger partial charge in [-0.2, -0.15) is 28.8 Å². The monoisotopic (exact) mass is 547 g/mol. The summed E-state index contributed by atoms with van der Waals surface area (Å²) in [5.41, 5.74) is 0.687. The summed E-state index contributed by atoms with van der Waals surface area (Å²) < 4.78 is 47.1. The number of nitrogens with one attached hydrogen (secondary N) is 1. The number of rotatable bonds is 6. The SMILES string of the molecule is N#CCC1(n2cc(-c3ncnc4[nH]ccc34)cn2)CC(N2CCC(Oc3cc(C#N)cc(C(F)(F)F)n3)CC2)C1. The highest BCUT2D eigenvalue weighted by atomic mass is 19.4. The van der Waals surface area contributed by atoms with Crippen LogP contribution in [0.4, 0.5) is 13.2 Å². The van der Waals surface area contributed by atoms with E-state index < -0.39 is 17.4 Å². The number of nitriles is 2. The second-order valence-corrected chi connectivity index (χ2v) is 10.3. The predicted octanol–water partition coefficient (Wildman–Crippen LogP) is 4.42. The summed E-state index contributed by atoms with van der Waals surface area (Å²) in [5, 5.41) is 24.2. The van der Waals surface area contributed by atoms with Crippen LogP contribution >= 0.6 is 0 Å². The Labute approximate surface area is 227 Å². The topological polar surface area (TPSA) is 132 Å². The molecule has 204 valence electrons. The molecular weight excluding hydrogens is 523 g/mol. The average Bonchev–Trinajstić information content (AvgIpc) is 3.61. The van der Waals surface area contributed by atoms with Crippen molar-refractivity contribution in [3.63, 3.8) is 0 Å². The van der Waals surface area contributed by atoms with Crippen LogP contribution in [0.1, 0.15) is 43.4 Å². The van der Waals surface area contributed by atoms with Crippen molar-refractivity contribution in [1.82, 2.24) is 34.6 Å². The molecule has 2 aliphatic rings. The molecule has 0 spiro atoms. The number of nitrogens with zero attached hydrogens (tertiary/aromatic N) is 8. The summed E-state index contributed by atoms with van der Waals surface area (Å²) in [7, 11) is 0. The number of likely N-dealkylation sites (tertiary alicyclic amines) is 1. The lowest BCUT2D eigenvalue weighted by Gasteiger charge is -2.52. The van der Waals surface area contributed by atoms with E-state index in [1.165, 1.54) is 12.4 Å². The number of fused-ring (bicyclic) bond motifs is 1. The van der Waals surface area contributed by atoms with Gasteiger partial charge in [-0.25, -0.2) is 15.0 Å². The molecule has 4 aromatic heterocycles. The van der Waals surface area contributed by atoms with E-state index in [-0.39, 0.29) is 23.6 Å². The molecule has 1 aliphatic carbocycles. The van der Waals surface area contributed by atoms with Crippen LogP contribution in [0.25, 0.3) is 22.3 Å². The summed E-state index contributed by atoms with van der Waals surface area (Å²) in [6.45, 7) is 1.41. The Morgan fingerprint density at radius 1 is 1.15 bits per heavy atom. The molecule has 40 heavy (non-hydrogen) atoms. The summed E-state index contributed by atoms with van der Waals surface area (Å²) in [6, 6.07) is 8.20. The zero-order valence-corrected chi connectivity index (χ0v) is 21.3. The predicted molar refractivity (Wildman–Crippen MR) is 136 cm³/mol. The first-order valence-corrected chi connectivity index (χ1v) is 12.9. The number of hydrogen-bond acceptors (Lipinski definition) is 8. The second kappa shape index (κ2) is 9.92. The van der Waals surface area contributed by atoms with Gasteiger partial charge in [0.2, 0.25) is 5.88 Å². The van der Waals surface area contributed by atoms with Gasteiger partial charge in [0.05, 0.1) is 41.6 Å². The average molecular weight is 548 g/mol. The van der Waals surface area contributed by atoms with E-state index in [0.29, 0.717) is 32.4 Å². The molecule has 0 atom stereocenters. The zero-order chi connectivity index (χ0) is 27.9. The van der Waals surface area contributed by atoms with Gasteiger partial charge in [-0.05, 0) is 37.8 Å². The molecule has 5 heterocycles. The molecule has 10 nitrogen and oxygen atoms in total. The first kappa shape index (κ1) is 25.8. The van der Waals surface area contributed by atoms with Gasteiger partial charge in [-0.1, -0.05) is 0 Å². The number of aromatic amines is 1. The van der Waals surface area contributed by atoms with Crippen molar-refractivity contribution in [2.75, 3.05) is 13.1 Å². The lowest BCUT2D eigenvalue weighted by Crippen LogP contribution is -2.58. The maximum Gasteiger partial charge on any atom is 0.433 e. The third-order valence-corrected chi connectivity index (χ3v) is 7.84. The van der Waals surface area contributed by atoms with Gasteiger partial charge in [0.1, 0.15) is 23.8 Å². The van der Waals surface area contributed by atoms with Crippen LogP contribution in [0.2, 0.25) is 0 Å². The minimum atomic E-state index is -4.66. The second-order valence-electron chi connectivity index (χ2n) is 10.3. The molecule has 6 rings (SSSR count). The maximum absolute atomic E-state index is 13.2. The van der Waals surface area contributed by atoms with Crippen LogP contribution < -0.4 is 4.74 Å². The van der Waals surface area contributed by atoms with Crippen LogP contribution in [0.3, 0.4) is 0 Å². The van der Waals surface area contributed by atoms with Crippen LogP contribution in [0.15, 0.2) is 43.1 Å². The number of ether oxygens (including phenoxy) is 1. The molecule has 0 unspecified atom stereocenters. The highest BCUT2D eigenvalue weighted by Gasteiger charge is 2.49. The first-order chi connectivity index (χ1) is 19.3. The van der Waals surface area contributed by atoms with Gasteiger partial charge < -0.3 is 9.72 Å². The molecule has 2 fully saturated rings. The Kier molecular flexibility index (Phi) is 6.39. The van der Waals surface area contributed by atoms with Gasteiger partial charge in [0.15, 0.2) is 0 Å². The minimum Gasteiger partial charge on any atom is -0.474 e. The molecule has 0 radical (unpaired) electrons. The van der Waals surface area contributed by atoms with Crippen molar-refractivity contribution >= 4 is 11.0 Å². The van der Waals surface area contributed by atoms with Crippen LogP contribution in [0, 0.1) is 22.7 Å². The molecule has 1 saturated carbocycles. The number of alkyl halides is 3. The van der Waals surface area contributed by atoms with Gasteiger partial charge >= 0.3 is 6.18 Å². The third-order valence-electron chi connectivity index (χ3n) is 7.84. The summed E-state index contributed by atoms with van der Waals surface area (Å²) in [4.78, 5) is 17.7. The van der Waals surface area contributed by atoms with Crippen molar-refractivity contribution < 1.29 is 17.9 Å². The number of halogens is 3. The fraction of sp³-hybridized carbons (Fsp3) is 0.407. The standard InChI is InChI=1S/C27H24F3N9O/c28-27(29,30)22-9-17(13-32)10-23(37-22)40-20-2-7-38(8-3-20)19-11-26(12-19,4-5-31)39-15-18(14-36-39)24-21-1-6-33-25(21)35-16-34-24/h1,6,9-10,14-16,19-20H,2-4,7-8,11-12H2,(H,33,34,35). The summed E-state index contributed by atoms with van der Waals surface area (Å²) >= 11 is 0. The molecule has 0 bridgehead atoms. The molecule has 13 heteroatoms. The lowest BCUT2D eigenvalue weighted by molar-refractivity contribution is -0.141. The molecule has 1 aliphatic heterocycles. The third kappa shape index (κ3) is 4.73. The number of piperidine rings is 1. The van der Waals surface area contributed by atoms with E-state index in [4.69, 9.17) is 10.00 Å². The highest BCUT2D eigenvalue weighted by Crippen LogP contribution is 2.45. The maximum atomic E-state index is 13.2. The highest BCUT2D eigenvalue weighted by molar-refractivity contribution is 5.90. The lowest BCUT2D eigenvalue weighted by atomic mass is 9.69. The number of aromatic nitrogens is 6. The Hall–Kier alpha value is -4.49. The molecule has 1 N–H and O–H groups in total. The van der Waals surface area contributed by atoms with Gasteiger partial charge in [0.25, 0.3) is 0 Å². The van der Waals surface area contributed by atoms with Gasteiger partial charge in [0, 0.05) is 48.5 Å². The van der Waals surface area contributed by atoms with E-state index in [0.717, 1.165) is 41.2 Å². The van der Waals surface area contributed by atoms with Crippen molar-refractivity contribution in [2.24, 2.45) is 0 Å². The summed E-state index contributed by atoms with van der Waals surface area (Å²) in [6.07, 6.45) is 5.17. The fourth-order valence-electron chi connectivity index (χ4n) is 5.75. The van der Waals surface area contributed by atoms with Gasteiger partial charge in [-0.15, -0.1) is 0 Å². The van der Waals surface area contributed by atoms with Crippen LogP contribution in [0.5, 0.6) is 5.88 Å².